The van der Waals surface area contributed by atoms with E-state index in [-0.39, 0.29) is 5.91 Å². The molecule has 0 aliphatic heterocycles. The number of anilines is 1. The molecule has 5 nitrogen and oxygen atoms in total. The van der Waals surface area contributed by atoms with Crippen molar-refractivity contribution in [1.29, 1.82) is 0 Å². The molecule has 2 rings (SSSR count). The van der Waals surface area contributed by atoms with Crippen molar-refractivity contribution >= 4 is 11.6 Å². The Morgan fingerprint density at radius 2 is 2.00 bits per heavy atom. The molecule has 0 unspecified atom stereocenters. The number of carbonyl (C=O) groups is 1. The zero-order chi connectivity index (χ0) is 14.5. The summed E-state index contributed by atoms with van der Waals surface area (Å²) in [6.45, 7) is 7.27. The highest BCUT2D eigenvalue weighted by Gasteiger charge is 2.10. The second kappa shape index (κ2) is 6.23. The second-order valence-corrected chi connectivity index (χ2v) is 4.37. The quantitative estimate of drug-likeness (QED) is 0.911. The Balaban J connectivity index is 2.09. The molecule has 106 valence electrons. The molecule has 1 amide bonds. The van der Waals surface area contributed by atoms with Gasteiger partial charge < -0.3 is 10.1 Å². The molecule has 1 N–H and O–H groups in total. The normalized spacial score (nSPS) is 10.3. The van der Waals surface area contributed by atoms with Gasteiger partial charge in [-0.3, -0.25) is 9.48 Å². The van der Waals surface area contributed by atoms with E-state index >= 15 is 0 Å². The summed E-state index contributed by atoms with van der Waals surface area (Å²) in [5, 5.41) is 7.07. The standard InChI is InChI=1S/C15H19N3O2/c1-4-18-11(3)14(10-16-18)17-15(19)12-6-8-13(9-7-12)20-5-2/h6-10H,4-5H2,1-3H3,(H,17,19). The summed E-state index contributed by atoms with van der Waals surface area (Å²) in [6, 6.07) is 7.08. The van der Waals surface area contributed by atoms with Gasteiger partial charge in [-0.2, -0.15) is 5.10 Å². The molecule has 0 radical (unpaired) electrons. The Labute approximate surface area is 118 Å². The topological polar surface area (TPSA) is 56.1 Å². The first-order chi connectivity index (χ1) is 9.65. The number of amides is 1. The highest BCUT2D eigenvalue weighted by molar-refractivity contribution is 6.04. The van der Waals surface area contributed by atoms with Crippen molar-refractivity contribution in [2.24, 2.45) is 0 Å². The fraction of sp³-hybridized carbons (Fsp3) is 0.333. The van der Waals surface area contributed by atoms with Crippen LogP contribution in [-0.4, -0.2) is 22.3 Å². The van der Waals surface area contributed by atoms with Crippen LogP contribution < -0.4 is 10.1 Å². The summed E-state index contributed by atoms with van der Waals surface area (Å²) >= 11 is 0. The molecule has 1 heterocycles. The first-order valence-corrected chi connectivity index (χ1v) is 6.72. The molecule has 0 bridgehead atoms. The minimum atomic E-state index is -0.146. The van der Waals surface area contributed by atoms with Gasteiger partial charge in [0, 0.05) is 12.1 Å². The number of carbonyl (C=O) groups excluding carboxylic acids is 1. The van der Waals surface area contributed by atoms with Crippen molar-refractivity contribution in [3.63, 3.8) is 0 Å². The lowest BCUT2D eigenvalue weighted by Crippen LogP contribution is -2.12. The van der Waals surface area contributed by atoms with E-state index in [2.05, 4.69) is 10.4 Å². The summed E-state index contributed by atoms with van der Waals surface area (Å²) in [7, 11) is 0. The van der Waals surface area contributed by atoms with Crippen LogP contribution in [0.4, 0.5) is 5.69 Å². The van der Waals surface area contributed by atoms with Gasteiger partial charge in [-0.1, -0.05) is 0 Å². The van der Waals surface area contributed by atoms with Gasteiger partial charge in [0.2, 0.25) is 0 Å². The van der Waals surface area contributed by atoms with E-state index in [0.717, 1.165) is 23.7 Å². The zero-order valence-electron chi connectivity index (χ0n) is 12.0. The van der Waals surface area contributed by atoms with Crippen LogP contribution in [0, 0.1) is 6.92 Å². The Bertz CT molecular complexity index is 588. The van der Waals surface area contributed by atoms with Gasteiger partial charge in [0.25, 0.3) is 5.91 Å². The van der Waals surface area contributed by atoms with Gasteiger partial charge in [-0.25, -0.2) is 0 Å². The maximum absolute atomic E-state index is 12.1. The molecular weight excluding hydrogens is 254 g/mol. The molecule has 0 aliphatic carbocycles. The summed E-state index contributed by atoms with van der Waals surface area (Å²) in [5.74, 6) is 0.617. The van der Waals surface area contributed by atoms with Gasteiger partial charge in [0.15, 0.2) is 0 Å². The molecule has 0 atom stereocenters. The first kappa shape index (κ1) is 14.1. The lowest BCUT2D eigenvalue weighted by Gasteiger charge is -2.07. The maximum Gasteiger partial charge on any atom is 0.255 e. The van der Waals surface area contributed by atoms with E-state index in [0.29, 0.717) is 12.2 Å². The van der Waals surface area contributed by atoms with Crippen molar-refractivity contribution in [1.82, 2.24) is 9.78 Å². The Morgan fingerprint density at radius 3 is 2.55 bits per heavy atom. The molecular formula is C15H19N3O2. The highest BCUT2D eigenvalue weighted by Crippen LogP contribution is 2.16. The van der Waals surface area contributed by atoms with Crippen molar-refractivity contribution < 1.29 is 9.53 Å². The lowest BCUT2D eigenvalue weighted by atomic mass is 10.2. The number of nitrogens with one attached hydrogen (secondary N) is 1. The minimum Gasteiger partial charge on any atom is -0.494 e. The van der Waals surface area contributed by atoms with Crippen molar-refractivity contribution in [3.8, 4) is 5.75 Å². The average molecular weight is 273 g/mol. The molecule has 5 heteroatoms. The molecule has 0 saturated carbocycles. The average Bonchev–Trinajstić information content (AvgIpc) is 2.80. The van der Waals surface area contributed by atoms with E-state index in [1.165, 1.54) is 0 Å². The minimum absolute atomic E-state index is 0.146. The predicted octanol–water partition coefficient (Wildman–Crippen LogP) is 2.86. The molecule has 0 aliphatic rings. The summed E-state index contributed by atoms with van der Waals surface area (Å²) < 4.78 is 7.19. The van der Waals surface area contributed by atoms with Gasteiger partial charge >= 0.3 is 0 Å². The Hall–Kier alpha value is -2.30. The number of aromatic nitrogens is 2. The number of rotatable bonds is 5. The van der Waals surface area contributed by atoms with E-state index in [9.17, 15) is 4.79 Å². The van der Waals surface area contributed by atoms with E-state index in [1.807, 2.05) is 25.5 Å². The van der Waals surface area contributed by atoms with Crippen LogP contribution in [-0.2, 0) is 6.54 Å². The highest BCUT2D eigenvalue weighted by atomic mass is 16.5. The number of benzene rings is 1. The smallest absolute Gasteiger partial charge is 0.255 e. The van der Waals surface area contributed by atoms with Crippen LogP contribution in [0.25, 0.3) is 0 Å². The maximum atomic E-state index is 12.1. The van der Waals surface area contributed by atoms with Crippen LogP contribution in [0.2, 0.25) is 0 Å². The second-order valence-electron chi connectivity index (χ2n) is 4.37. The third-order valence-corrected chi connectivity index (χ3v) is 3.08. The largest absolute Gasteiger partial charge is 0.494 e. The fourth-order valence-electron chi connectivity index (χ4n) is 1.95. The first-order valence-electron chi connectivity index (χ1n) is 6.72. The van der Waals surface area contributed by atoms with Gasteiger partial charge in [-0.05, 0) is 45.0 Å². The van der Waals surface area contributed by atoms with Crippen LogP contribution in [0.3, 0.4) is 0 Å². The van der Waals surface area contributed by atoms with E-state index in [4.69, 9.17) is 4.74 Å². The molecule has 0 saturated heterocycles. The summed E-state index contributed by atoms with van der Waals surface area (Å²) in [5.41, 5.74) is 2.29. The SMILES string of the molecule is CCOc1ccc(C(=O)Nc2cnn(CC)c2C)cc1. The van der Waals surface area contributed by atoms with Crippen molar-refractivity contribution in [2.75, 3.05) is 11.9 Å². The van der Waals surface area contributed by atoms with Crippen molar-refractivity contribution in [3.05, 3.63) is 41.7 Å². The van der Waals surface area contributed by atoms with Crippen LogP contribution >= 0.6 is 0 Å². The molecule has 1 aromatic carbocycles. The number of ether oxygens (including phenoxy) is 1. The van der Waals surface area contributed by atoms with Crippen molar-refractivity contribution in [2.45, 2.75) is 27.3 Å². The van der Waals surface area contributed by atoms with Gasteiger partial charge in [0.05, 0.1) is 24.2 Å². The van der Waals surface area contributed by atoms with E-state index in [1.54, 1.807) is 30.5 Å². The monoisotopic (exact) mass is 273 g/mol. The summed E-state index contributed by atoms with van der Waals surface area (Å²) in [4.78, 5) is 12.1. The molecule has 20 heavy (non-hydrogen) atoms. The van der Waals surface area contributed by atoms with E-state index < -0.39 is 0 Å². The third kappa shape index (κ3) is 2.99. The van der Waals surface area contributed by atoms with Gasteiger partial charge in [0.1, 0.15) is 5.75 Å². The van der Waals surface area contributed by atoms with Gasteiger partial charge in [-0.15, -0.1) is 0 Å². The lowest BCUT2D eigenvalue weighted by molar-refractivity contribution is 0.102. The number of nitrogens with zero attached hydrogens (tertiary/aromatic N) is 2. The molecule has 2 aromatic rings. The van der Waals surface area contributed by atoms with Crippen LogP contribution in [0.5, 0.6) is 5.75 Å². The third-order valence-electron chi connectivity index (χ3n) is 3.08. The zero-order valence-corrected chi connectivity index (χ0v) is 12.0. The Morgan fingerprint density at radius 1 is 1.30 bits per heavy atom. The number of hydrogen-bond donors (Lipinski definition) is 1. The Kier molecular flexibility index (Phi) is 4.40. The number of hydrogen-bond acceptors (Lipinski definition) is 3. The molecule has 0 spiro atoms. The molecule has 1 aromatic heterocycles. The predicted molar refractivity (Wildman–Crippen MR) is 78.2 cm³/mol. The molecule has 0 fully saturated rings. The number of aryl methyl sites for hydroxylation is 1. The summed E-state index contributed by atoms with van der Waals surface area (Å²) in [6.07, 6.45) is 1.67. The van der Waals surface area contributed by atoms with Crippen LogP contribution in [0.1, 0.15) is 29.9 Å². The fourth-order valence-corrected chi connectivity index (χ4v) is 1.95. The van der Waals surface area contributed by atoms with Crippen LogP contribution in [0.15, 0.2) is 30.5 Å².